The number of nitrogens with zero attached hydrogens (tertiary/aromatic N) is 3. The van der Waals surface area contributed by atoms with Gasteiger partial charge in [-0.15, -0.1) is 0 Å². The molecule has 0 aliphatic rings. The molecule has 0 amide bonds. The van der Waals surface area contributed by atoms with Gasteiger partial charge in [-0.25, -0.2) is 9.97 Å². The van der Waals surface area contributed by atoms with Crippen molar-refractivity contribution in [2.45, 2.75) is 0 Å². The van der Waals surface area contributed by atoms with Crippen LogP contribution in [0.15, 0.2) is 92.3 Å². The molecular weight excluding hydrogens is 306 g/mol. The molecule has 0 aliphatic carbocycles. The number of hydrogen-bond donors (Lipinski definition) is 4. The van der Waals surface area contributed by atoms with Gasteiger partial charge in [-0.05, 0) is 36.4 Å². The van der Waals surface area contributed by atoms with Crippen LogP contribution in [0, 0.1) is 0 Å². The van der Waals surface area contributed by atoms with Gasteiger partial charge in [0.15, 0.2) is 0 Å². The van der Waals surface area contributed by atoms with Gasteiger partial charge in [0.05, 0.1) is 12.7 Å². The van der Waals surface area contributed by atoms with E-state index in [-0.39, 0.29) is 11.5 Å². The van der Waals surface area contributed by atoms with E-state index in [1.54, 1.807) is 49.8 Å². The average molecular weight is 325 g/mol. The largest absolute Gasteiger partial charge is 0.508 e. The Morgan fingerprint density at radius 1 is 0.583 bits per heavy atom. The normalized spacial score (nSPS) is 8.33. The summed E-state index contributed by atoms with van der Waals surface area (Å²) in [5, 5.41) is 17.3. The highest BCUT2D eigenvalue weighted by Crippen LogP contribution is 2.13. The maximum absolute atomic E-state index is 8.65. The second-order valence-electron chi connectivity index (χ2n) is 4.06. The maximum atomic E-state index is 8.65. The van der Waals surface area contributed by atoms with Crippen LogP contribution < -0.4 is 0 Å². The lowest BCUT2D eigenvalue weighted by Crippen LogP contribution is -1.61. The van der Waals surface area contributed by atoms with Crippen molar-refractivity contribution in [3.8, 4) is 11.5 Å². The number of hydrogen-bond acceptors (Lipinski definition) is 5. The van der Waals surface area contributed by atoms with Crippen LogP contribution in [0.3, 0.4) is 0 Å². The van der Waals surface area contributed by atoms with Gasteiger partial charge in [-0.3, -0.25) is 4.98 Å². The van der Waals surface area contributed by atoms with E-state index in [4.69, 9.17) is 10.2 Å². The van der Waals surface area contributed by atoms with Gasteiger partial charge >= 0.3 is 0 Å². The molecule has 7 nitrogen and oxygen atoms in total. The van der Waals surface area contributed by atoms with Crippen molar-refractivity contribution < 1.29 is 10.2 Å². The molecule has 3 heterocycles. The summed E-state index contributed by atoms with van der Waals surface area (Å²) >= 11 is 0. The molecule has 0 bridgehead atoms. The number of aromatic nitrogens is 5. The Morgan fingerprint density at radius 3 is 1.21 bits per heavy atom. The number of H-pyrrole nitrogens is 2. The average Bonchev–Trinajstić information content (AvgIpc) is 3.38. The highest BCUT2D eigenvalue weighted by Gasteiger charge is 1.84. The van der Waals surface area contributed by atoms with Crippen LogP contribution in [0.2, 0.25) is 0 Å². The first-order valence-electron chi connectivity index (χ1n) is 6.97. The Bertz CT molecular complexity index is 575. The highest BCUT2D eigenvalue weighted by molar-refractivity contribution is 5.28. The van der Waals surface area contributed by atoms with Crippen molar-refractivity contribution >= 4 is 0 Å². The molecule has 0 aliphatic heterocycles. The van der Waals surface area contributed by atoms with Crippen LogP contribution in [0.25, 0.3) is 0 Å². The van der Waals surface area contributed by atoms with E-state index in [1.165, 1.54) is 24.3 Å². The number of aromatic hydroxyl groups is 2. The highest BCUT2D eigenvalue weighted by atomic mass is 16.3. The van der Waals surface area contributed by atoms with Gasteiger partial charge in [0.2, 0.25) is 0 Å². The summed E-state index contributed by atoms with van der Waals surface area (Å²) < 4.78 is 0. The maximum Gasteiger partial charge on any atom is 0.115 e. The monoisotopic (exact) mass is 325 g/mol. The standard InChI is InChI=1S/C6H6O2.C5H5N.2C3H4N2/c7-5-1-2-6(8)4-3-5;1-2-4-6-5-3-1;2*1-2-5-3-4-1/h1-4,7-8H;1-5H;2*1-3H,(H,4,5). The third-order valence-electron chi connectivity index (χ3n) is 2.23. The van der Waals surface area contributed by atoms with E-state index in [9.17, 15) is 0 Å². The van der Waals surface area contributed by atoms with Crippen molar-refractivity contribution in [3.63, 3.8) is 0 Å². The van der Waals surface area contributed by atoms with Crippen molar-refractivity contribution in [2.24, 2.45) is 0 Å². The lowest BCUT2D eigenvalue weighted by Gasteiger charge is -1.88. The smallest absolute Gasteiger partial charge is 0.115 e. The number of benzene rings is 1. The topological polar surface area (TPSA) is 111 Å². The van der Waals surface area contributed by atoms with Crippen molar-refractivity contribution in [2.75, 3.05) is 0 Å². The van der Waals surface area contributed by atoms with E-state index in [1.807, 2.05) is 18.2 Å². The van der Waals surface area contributed by atoms with Gasteiger partial charge < -0.3 is 20.2 Å². The Labute approximate surface area is 139 Å². The van der Waals surface area contributed by atoms with E-state index >= 15 is 0 Å². The first-order chi connectivity index (χ1) is 11.8. The number of pyridine rings is 1. The number of phenols is 2. The fourth-order valence-electron chi connectivity index (χ4n) is 1.20. The van der Waals surface area contributed by atoms with E-state index in [0.29, 0.717) is 0 Å². The Morgan fingerprint density at radius 2 is 1.04 bits per heavy atom. The molecule has 4 rings (SSSR count). The van der Waals surface area contributed by atoms with Gasteiger partial charge in [-0.1, -0.05) is 6.07 Å². The summed E-state index contributed by atoms with van der Waals surface area (Å²) in [4.78, 5) is 16.6. The van der Waals surface area contributed by atoms with Crippen LogP contribution in [0.1, 0.15) is 0 Å². The van der Waals surface area contributed by atoms with Crippen molar-refractivity contribution in [1.29, 1.82) is 0 Å². The molecule has 124 valence electrons. The molecule has 0 atom stereocenters. The molecule has 4 N–H and O–H groups in total. The van der Waals surface area contributed by atoms with Crippen LogP contribution in [-0.2, 0) is 0 Å². The zero-order chi connectivity index (χ0) is 17.3. The summed E-state index contributed by atoms with van der Waals surface area (Å²) in [5.41, 5.74) is 0. The summed E-state index contributed by atoms with van der Waals surface area (Å²) in [6.45, 7) is 0. The van der Waals surface area contributed by atoms with Gasteiger partial charge in [0.1, 0.15) is 11.5 Å². The number of rotatable bonds is 0. The van der Waals surface area contributed by atoms with Gasteiger partial charge in [0.25, 0.3) is 0 Å². The molecule has 0 radical (unpaired) electrons. The minimum Gasteiger partial charge on any atom is -0.508 e. The zero-order valence-electron chi connectivity index (χ0n) is 12.9. The molecular formula is C17H19N5O2. The second-order valence-corrected chi connectivity index (χ2v) is 4.06. The molecule has 7 heteroatoms. The van der Waals surface area contributed by atoms with E-state index in [0.717, 1.165) is 0 Å². The lowest BCUT2D eigenvalue weighted by atomic mass is 10.3. The van der Waals surface area contributed by atoms with Crippen LogP contribution >= 0.6 is 0 Å². The number of nitrogens with one attached hydrogen (secondary N) is 2. The summed E-state index contributed by atoms with van der Waals surface area (Å²) in [6.07, 6.45) is 13.7. The Balaban J connectivity index is 0.000000163. The molecule has 0 saturated carbocycles. The van der Waals surface area contributed by atoms with Gasteiger partial charge in [-0.2, -0.15) is 0 Å². The number of imidazole rings is 2. The Hall–Kier alpha value is -3.61. The van der Waals surface area contributed by atoms with Crippen LogP contribution in [-0.4, -0.2) is 35.1 Å². The third kappa shape index (κ3) is 11.1. The minimum atomic E-state index is 0.169. The fourth-order valence-corrected chi connectivity index (χ4v) is 1.20. The molecule has 4 aromatic rings. The molecule has 0 spiro atoms. The van der Waals surface area contributed by atoms with Crippen molar-refractivity contribution in [3.05, 3.63) is 92.3 Å². The first kappa shape index (κ1) is 18.4. The Kier molecular flexibility index (Phi) is 10.0. The number of phenolic OH excluding ortho intramolecular Hbond substituents is 2. The molecule has 0 unspecified atom stereocenters. The third-order valence-corrected chi connectivity index (χ3v) is 2.23. The predicted molar refractivity (Wildman–Crippen MR) is 91.2 cm³/mol. The van der Waals surface area contributed by atoms with Crippen LogP contribution in [0.5, 0.6) is 11.5 Å². The summed E-state index contributed by atoms with van der Waals surface area (Å²) in [5.74, 6) is 0.339. The summed E-state index contributed by atoms with van der Waals surface area (Å²) in [6, 6.07) is 11.4. The van der Waals surface area contributed by atoms with Crippen molar-refractivity contribution in [1.82, 2.24) is 24.9 Å². The predicted octanol–water partition coefficient (Wildman–Crippen LogP) is 3.00. The first-order valence-corrected chi connectivity index (χ1v) is 6.97. The molecule has 24 heavy (non-hydrogen) atoms. The minimum absolute atomic E-state index is 0.169. The number of aromatic amines is 2. The van der Waals surface area contributed by atoms with E-state index < -0.39 is 0 Å². The molecule has 0 saturated heterocycles. The zero-order valence-corrected chi connectivity index (χ0v) is 12.9. The van der Waals surface area contributed by atoms with Crippen LogP contribution in [0.4, 0.5) is 0 Å². The SMILES string of the molecule is Oc1ccc(O)cc1.c1c[nH]cn1.c1c[nH]cn1.c1ccncc1. The lowest BCUT2D eigenvalue weighted by molar-refractivity contribution is 0.460. The van der Waals surface area contributed by atoms with Gasteiger partial charge in [0, 0.05) is 37.2 Å². The summed E-state index contributed by atoms with van der Waals surface area (Å²) in [7, 11) is 0. The fraction of sp³-hybridized carbons (Fsp3) is 0. The molecule has 0 fully saturated rings. The quantitative estimate of drug-likeness (QED) is 0.371. The molecule has 3 aromatic heterocycles. The second kappa shape index (κ2) is 13.1. The molecule has 1 aromatic carbocycles. The van der Waals surface area contributed by atoms with E-state index in [2.05, 4.69) is 24.9 Å².